The molecule has 26 heteroatoms. The lowest BCUT2D eigenvalue weighted by molar-refractivity contribution is -0.150. The van der Waals surface area contributed by atoms with E-state index < -0.39 is 151 Å². The second-order valence-electron chi connectivity index (χ2n) is 26.8. The highest BCUT2D eigenvalue weighted by atomic mass is 35.5. The van der Waals surface area contributed by atoms with Crippen molar-refractivity contribution in [1.82, 2.24) is 60.5 Å². The number of halogens is 1. The number of benzene rings is 3. The summed E-state index contributed by atoms with van der Waals surface area (Å²) >= 11 is 6.23. The Morgan fingerprint density at radius 3 is 1.70 bits per heavy atom. The molecule has 2 heterocycles. The van der Waals surface area contributed by atoms with Crippen molar-refractivity contribution < 1.29 is 57.5 Å². The maximum Gasteiger partial charge on any atom is 0.246 e. The summed E-state index contributed by atoms with van der Waals surface area (Å²) in [7, 11) is 9.64. The maximum atomic E-state index is 15.5. The monoisotopic (exact) mass is 1360 g/mol. The fraction of sp³-hybridized carbons (Fsp3) is 0.563. The first-order valence-electron chi connectivity index (χ1n) is 33.3. The quantitative estimate of drug-likeness (QED) is 0.191. The van der Waals surface area contributed by atoms with Crippen LogP contribution in [0.2, 0.25) is 5.02 Å². The lowest BCUT2D eigenvalue weighted by atomic mass is 9.97. The third kappa shape index (κ3) is 22.6. The highest BCUT2D eigenvalue weighted by molar-refractivity contribution is 6.30. The van der Waals surface area contributed by atoms with Crippen LogP contribution in [0.1, 0.15) is 116 Å². The van der Waals surface area contributed by atoms with E-state index in [4.69, 9.17) is 11.6 Å². The highest BCUT2D eigenvalue weighted by Crippen LogP contribution is 2.23. The van der Waals surface area contributed by atoms with Gasteiger partial charge in [0.2, 0.25) is 70.9 Å². The van der Waals surface area contributed by atoms with Crippen molar-refractivity contribution in [2.24, 2.45) is 17.8 Å². The molecule has 0 saturated carbocycles. The molecule has 2 saturated heterocycles. The molecular formula is C71H100ClN13O12. The smallest absolute Gasteiger partial charge is 0.246 e. The fourth-order valence-electron chi connectivity index (χ4n) is 11.8. The summed E-state index contributed by atoms with van der Waals surface area (Å²) in [6, 6.07) is 13.3. The second kappa shape index (κ2) is 37.0. The van der Waals surface area contributed by atoms with Gasteiger partial charge in [0.05, 0.1) is 37.7 Å². The maximum absolute atomic E-state index is 15.5. The van der Waals surface area contributed by atoms with E-state index in [2.05, 4.69) is 27.3 Å². The lowest BCUT2D eigenvalue weighted by Crippen LogP contribution is -2.61. The molecule has 2 aliphatic rings. The molecule has 2 aliphatic heterocycles. The molecule has 3 aromatic rings. The summed E-state index contributed by atoms with van der Waals surface area (Å²) in [6.07, 6.45) is 1.79. The van der Waals surface area contributed by atoms with Gasteiger partial charge in [-0.15, -0.1) is 0 Å². The summed E-state index contributed by atoms with van der Waals surface area (Å²) in [5.41, 5.74) is 1.96. The van der Waals surface area contributed by atoms with Crippen molar-refractivity contribution >= 4 is 82.5 Å². The molecule has 25 nitrogen and oxygen atoms in total. The standard InChI is InChI=1S/C71H100ClN13O12/c1-15-46(6)63-71(97)80(10)42-61(88)78(8)43-62(89)82(12)57(38-49-27-29-52(72)30-28-49)69(95)79(9)41-59(86)74-53(36-50-25-22-26-51(35-50)40-73)65(91)75-54(33-44(2)3)67(93)84(14)58(37-48-23-18-16-19-24-48)70(96)83(13)56(34-45(4)5)66(92)76-55(68(94)85-31-20-17-21-32-85)39-60(87)81(11)47(7)64(90)77-63/h16,18-19,22-30,35,44-47,53-58,63H,15,17,20-21,31-34,36-39,41-43H2,1-14H3,(H,74,86)(H,75,91)(H,76,92)(H,77,90)/t46-,47-,53-,54-,55-,56-,57-,58-,63-/m0/s1. The van der Waals surface area contributed by atoms with Crippen LogP contribution in [0.5, 0.6) is 0 Å². The zero-order chi connectivity index (χ0) is 72.1. The van der Waals surface area contributed by atoms with Gasteiger partial charge in [0.25, 0.3) is 0 Å². The number of nitrogens with one attached hydrogen (secondary N) is 4. The largest absolute Gasteiger partial charge is 0.342 e. The van der Waals surface area contributed by atoms with Gasteiger partial charge in [0.1, 0.15) is 48.3 Å². The summed E-state index contributed by atoms with van der Waals surface area (Å²) in [6.45, 7) is 11.3. The van der Waals surface area contributed by atoms with Gasteiger partial charge in [0.15, 0.2) is 0 Å². The summed E-state index contributed by atoms with van der Waals surface area (Å²) in [5.74, 6) is -9.46. The minimum absolute atomic E-state index is 0.0432. The van der Waals surface area contributed by atoms with Crippen LogP contribution in [0.4, 0.5) is 0 Å². The van der Waals surface area contributed by atoms with E-state index in [1.807, 2.05) is 34.6 Å². The molecule has 12 amide bonds. The minimum Gasteiger partial charge on any atom is -0.342 e. The first-order valence-corrected chi connectivity index (χ1v) is 33.7. The van der Waals surface area contributed by atoms with Gasteiger partial charge in [0, 0.05) is 86.7 Å². The minimum atomic E-state index is -1.47. The van der Waals surface area contributed by atoms with Crippen LogP contribution in [0, 0.1) is 29.1 Å². The number of likely N-dealkylation sites (N-methyl/N-ethyl adjacent to an activating group) is 7. The van der Waals surface area contributed by atoms with Crippen LogP contribution in [0.25, 0.3) is 0 Å². The van der Waals surface area contributed by atoms with Gasteiger partial charge in [-0.25, -0.2) is 0 Å². The molecule has 4 N–H and O–H groups in total. The molecular weight excluding hydrogens is 1260 g/mol. The summed E-state index contributed by atoms with van der Waals surface area (Å²) in [4.78, 5) is 186. The van der Waals surface area contributed by atoms with E-state index in [9.17, 15) is 43.6 Å². The zero-order valence-corrected chi connectivity index (χ0v) is 59.5. The molecule has 0 spiro atoms. The molecule has 0 unspecified atom stereocenters. The summed E-state index contributed by atoms with van der Waals surface area (Å²) < 4.78 is 0. The van der Waals surface area contributed by atoms with E-state index in [-0.39, 0.29) is 49.5 Å². The average Bonchev–Trinajstić information content (AvgIpc) is 0.825. The molecule has 9 atom stereocenters. The topological polar surface area (TPSA) is 303 Å². The molecule has 0 aromatic heterocycles. The molecule has 0 bridgehead atoms. The van der Waals surface area contributed by atoms with Crippen LogP contribution in [0.15, 0.2) is 78.9 Å². The predicted octanol–water partition coefficient (Wildman–Crippen LogP) is 3.44. The zero-order valence-electron chi connectivity index (χ0n) is 58.8. The number of hydrogen-bond donors (Lipinski definition) is 4. The third-order valence-corrected chi connectivity index (χ3v) is 18.5. The van der Waals surface area contributed by atoms with E-state index >= 15 is 19.2 Å². The number of hydrogen-bond acceptors (Lipinski definition) is 13. The van der Waals surface area contributed by atoms with E-state index in [1.165, 1.54) is 66.1 Å². The van der Waals surface area contributed by atoms with E-state index in [0.29, 0.717) is 54.1 Å². The Morgan fingerprint density at radius 2 is 1.10 bits per heavy atom. The SMILES string of the molecule is CC[C@H](C)[C@@H]1NC(=O)[C@H](C)N(C)C(=O)C[C@@H](C(=O)N2CCCCC2)NC(=O)[C@H](CC(C)C)N(C)C(=O)[C@H](Cc2ccccc2)N(C)C(=O)[C@H](CC(C)C)NC(=O)[C@H](Cc2cccc(C#N)c2)NC(=O)CN(C)C(=O)[C@H](Cc2ccc(Cl)cc2)N(C)C(=O)CN(C)C(=O)CN(C)C1=O. The molecule has 528 valence electrons. The van der Waals surface area contributed by atoms with Gasteiger partial charge in [-0.3, -0.25) is 57.5 Å². The average molecular weight is 1360 g/mol. The lowest BCUT2D eigenvalue weighted by Gasteiger charge is -2.37. The van der Waals surface area contributed by atoms with Crippen LogP contribution in [-0.2, 0) is 76.8 Å². The Hall–Kier alpha value is -8.92. The summed E-state index contributed by atoms with van der Waals surface area (Å²) in [5, 5.41) is 21.5. The third-order valence-electron chi connectivity index (χ3n) is 18.2. The Balaban J connectivity index is 1.64. The number of amides is 12. The number of rotatable bonds is 13. The van der Waals surface area contributed by atoms with Crippen LogP contribution in [0.3, 0.4) is 0 Å². The van der Waals surface area contributed by atoms with Crippen molar-refractivity contribution in [3.05, 3.63) is 106 Å². The normalized spacial score (nSPS) is 23.6. The number of likely N-dealkylation sites (tertiary alicyclic amines) is 1. The van der Waals surface area contributed by atoms with Gasteiger partial charge >= 0.3 is 0 Å². The Labute approximate surface area is 576 Å². The van der Waals surface area contributed by atoms with Crippen molar-refractivity contribution in [2.45, 2.75) is 161 Å². The molecule has 2 fully saturated rings. The van der Waals surface area contributed by atoms with Crippen LogP contribution < -0.4 is 21.3 Å². The second-order valence-corrected chi connectivity index (χ2v) is 27.2. The molecule has 0 aliphatic carbocycles. The van der Waals surface area contributed by atoms with Gasteiger partial charge in [-0.05, 0) is 97.7 Å². The van der Waals surface area contributed by atoms with Crippen molar-refractivity contribution in [2.75, 3.05) is 82.1 Å². The van der Waals surface area contributed by atoms with Crippen molar-refractivity contribution in [1.29, 1.82) is 5.26 Å². The number of carbonyl (C=O) groups excluding carboxylic acids is 12. The molecule has 97 heavy (non-hydrogen) atoms. The van der Waals surface area contributed by atoms with Gasteiger partial charge in [-0.2, -0.15) is 5.26 Å². The van der Waals surface area contributed by atoms with Gasteiger partial charge < -0.3 is 60.5 Å². The first kappa shape index (κ1) is 78.8. The molecule has 0 radical (unpaired) electrons. The number of carbonyl (C=O) groups is 12. The number of nitriles is 1. The predicted molar refractivity (Wildman–Crippen MR) is 366 cm³/mol. The Bertz CT molecular complexity index is 3320. The molecule has 3 aromatic carbocycles. The van der Waals surface area contributed by atoms with Crippen molar-refractivity contribution in [3.63, 3.8) is 0 Å². The van der Waals surface area contributed by atoms with Crippen LogP contribution >= 0.6 is 11.6 Å². The van der Waals surface area contributed by atoms with Crippen LogP contribution in [-0.4, -0.2) is 240 Å². The molecule has 5 rings (SSSR count). The first-order chi connectivity index (χ1) is 45.8. The number of piperidine rings is 1. The van der Waals surface area contributed by atoms with E-state index in [0.717, 1.165) is 30.9 Å². The Kier molecular flexibility index (Phi) is 30.0. The fourth-order valence-corrected chi connectivity index (χ4v) is 11.9. The highest BCUT2D eigenvalue weighted by Gasteiger charge is 2.42. The van der Waals surface area contributed by atoms with Crippen molar-refractivity contribution in [3.8, 4) is 6.07 Å². The van der Waals surface area contributed by atoms with E-state index in [1.54, 1.807) is 90.7 Å². The number of nitrogens with zero attached hydrogens (tertiary/aromatic N) is 9. The van der Waals surface area contributed by atoms with Gasteiger partial charge in [-0.1, -0.05) is 114 Å². The Morgan fingerprint density at radius 1 is 0.536 bits per heavy atom.